The maximum atomic E-state index is 5.68. The summed E-state index contributed by atoms with van der Waals surface area (Å²) in [5, 5.41) is 11.5. The van der Waals surface area contributed by atoms with Crippen molar-refractivity contribution in [2.24, 2.45) is 0 Å². The molecule has 0 saturated heterocycles. The van der Waals surface area contributed by atoms with Gasteiger partial charge in [-0.25, -0.2) is 0 Å². The van der Waals surface area contributed by atoms with Crippen LogP contribution >= 0.6 is 15.9 Å². The molecule has 18 heavy (non-hydrogen) atoms. The van der Waals surface area contributed by atoms with E-state index in [2.05, 4.69) is 50.3 Å². The third-order valence-electron chi connectivity index (χ3n) is 2.55. The fraction of sp³-hybridized carbons (Fsp3) is 0.417. The van der Waals surface area contributed by atoms with Gasteiger partial charge in [0.1, 0.15) is 0 Å². The standard InChI is InChI=1S/C12H15BrN4O/c1-3-10(15-4-2)12-17-16-11(18-12)8-5-9(13)7-14-6-8/h5-7,10,15H,3-4H2,1-2H3. The molecule has 0 radical (unpaired) electrons. The van der Waals surface area contributed by atoms with Gasteiger partial charge in [0.2, 0.25) is 11.8 Å². The number of hydrogen-bond acceptors (Lipinski definition) is 5. The van der Waals surface area contributed by atoms with Gasteiger partial charge in [-0.2, -0.15) is 0 Å². The molecule has 2 heterocycles. The Hall–Kier alpha value is -1.27. The van der Waals surface area contributed by atoms with E-state index in [1.165, 1.54) is 0 Å². The van der Waals surface area contributed by atoms with Crippen LogP contribution in [0.3, 0.4) is 0 Å². The van der Waals surface area contributed by atoms with E-state index in [0.717, 1.165) is 23.0 Å². The molecule has 1 atom stereocenters. The van der Waals surface area contributed by atoms with Crippen molar-refractivity contribution >= 4 is 15.9 Å². The maximum Gasteiger partial charge on any atom is 0.249 e. The molecule has 0 bridgehead atoms. The summed E-state index contributed by atoms with van der Waals surface area (Å²) in [5.41, 5.74) is 0.814. The second kappa shape index (κ2) is 6.06. The summed E-state index contributed by atoms with van der Waals surface area (Å²) in [6.07, 6.45) is 4.33. The molecule has 0 aliphatic carbocycles. The van der Waals surface area contributed by atoms with Crippen LogP contribution in [-0.4, -0.2) is 21.7 Å². The van der Waals surface area contributed by atoms with Gasteiger partial charge < -0.3 is 9.73 Å². The predicted molar refractivity (Wildman–Crippen MR) is 71.9 cm³/mol. The molecule has 2 rings (SSSR count). The molecule has 1 N–H and O–H groups in total. The molecule has 0 aromatic carbocycles. The van der Waals surface area contributed by atoms with Crippen molar-refractivity contribution in [2.75, 3.05) is 6.54 Å². The molecule has 0 saturated carbocycles. The van der Waals surface area contributed by atoms with Gasteiger partial charge in [0.15, 0.2) is 0 Å². The van der Waals surface area contributed by atoms with E-state index >= 15 is 0 Å². The van der Waals surface area contributed by atoms with Crippen LogP contribution in [0.2, 0.25) is 0 Å². The van der Waals surface area contributed by atoms with Crippen LogP contribution in [0.4, 0.5) is 0 Å². The van der Waals surface area contributed by atoms with Gasteiger partial charge in [0.25, 0.3) is 0 Å². The molecule has 1 unspecified atom stereocenters. The lowest BCUT2D eigenvalue weighted by molar-refractivity contribution is 0.402. The molecule has 96 valence electrons. The number of nitrogens with zero attached hydrogens (tertiary/aromatic N) is 3. The highest BCUT2D eigenvalue weighted by molar-refractivity contribution is 9.10. The van der Waals surface area contributed by atoms with Crippen LogP contribution in [0.1, 0.15) is 32.2 Å². The fourth-order valence-corrected chi connectivity index (χ4v) is 2.04. The largest absolute Gasteiger partial charge is 0.419 e. The zero-order chi connectivity index (χ0) is 13.0. The molecule has 2 aromatic rings. The van der Waals surface area contributed by atoms with Crippen molar-refractivity contribution < 1.29 is 4.42 Å². The van der Waals surface area contributed by atoms with Crippen molar-refractivity contribution in [3.8, 4) is 11.5 Å². The zero-order valence-corrected chi connectivity index (χ0v) is 11.9. The van der Waals surface area contributed by atoms with E-state index in [1.54, 1.807) is 12.4 Å². The van der Waals surface area contributed by atoms with Crippen molar-refractivity contribution in [2.45, 2.75) is 26.3 Å². The van der Waals surface area contributed by atoms with Crippen molar-refractivity contribution in [3.05, 3.63) is 28.8 Å². The molecule has 2 aromatic heterocycles. The topological polar surface area (TPSA) is 63.8 Å². The highest BCUT2D eigenvalue weighted by atomic mass is 79.9. The Labute approximate surface area is 114 Å². The van der Waals surface area contributed by atoms with Crippen molar-refractivity contribution in [3.63, 3.8) is 0 Å². The first-order valence-electron chi connectivity index (χ1n) is 5.92. The fourth-order valence-electron chi connectivity index (χ4n) is 1.67. The van der Waals surface area contributed by atoms with Gasteiger partial charge in [-0.3, -0.25) is 4.98 Å². The second-order valence-electron chi connectivity index (χ2n) is 3.86. The maximum absolute atomic E-state index is 5.68. The van der Waals surface area contributed by atoms with Crippen LogP contribution in [-0.2, 0) is 0 Å². The zero-order valence-electron chi connectivity index (χ0n) is 10.4. The van der Waals surface area contributed by atoms with Crippen LogP contribution in [0.15, 0.2) is 27.3 Å². The molecule has 0 fully saturated rings. The van der Waals surface area contributed by atoms with Crippen LogP contribution < -0.4 is 5.32 Å². The Morgan fingerprint density at radius 3 is 2.83 bits per heavy atom. The minimum absolute atomic E-state index is 0.108. The number of hydrogen-bond donors (Lipinski definition) is 1. The number of aromatic nitrogens is 3. The summed E-state index contributed by atoms with van der Waals surface area (Å²) in [7, 11) is 0. The molecule has 0 aliphatic heterocycles. The van der Waals surface area contributed by atoms with Gasteiger partial charge >= 0.3 is 0 Å². The Morgan fingerprint density at radius 2 is 2.17 bits per heavy atom. The lowest BCUT2D eigenvalue weighted by Crippen LogP contribution is -2.20. The predicted octanol–water partition coefficient (Wildman–Crippen LogP) is 2.95. The summed E-state index contributed by atoms with van der Waals surface area (Å²) in [4.78, 5) is 4.08. The van der Waals surface area contributed by atoms with Gasteiger partial charge in [0, 0.05) is 16.9 Å². The summed E-state index contributed by atoms with van der Waals surface area (Å²) >= 11 is 3.37. The van der Waals surface area contributed by atoms with Gasteiger partial charge in [-0.15, -0.1) is 10.2 Å². The summed E-state index contributed by atoms with van der Waals surface area (Å²) in [5.74, 6) is 1.12. The Morgan fingerprint density at radius 1 is 1.33 bits per heavy atom. The van der Waals surface area contributed by atoms with E-state index in [-0.39, 0.29) is 6.04 Å². The van der Waals surface area contributed by atoms with Crippen LogP contribution in [0.25, 0.3) is 11.5 Å². The van der Waals surface area contributed by atoms with E-state index in [4.69, 9.17) is 4.42 Å². The van der Waals surface area contributed by atoms with E-state index in [0.29, 0.717) is 11.8 Å². The number of halogens is 1. The monoisotopic (exact) mass is 310 g/mol. The van der Waals surface area contributed by atoms with Crippen LogP contribution in [0.5, 0.6) is 0 Å². The van der Waals surface area contributed by atoms with Gasteiger partial charge in [-0.1, -0.05) is 13.8 Å². The number of rotatable bonds is 5. The third-order valence-corrected chi connectivity index (χ3v) is 2.98. The highest BCUT2D eigenvalue weighted by Crippen LogP contribution is 2.23. The highest BCUT2D eigenvalue weighted by Gasteiger charge is 2.16. The second-order valence-corrected chi connectivity index (χ2v) is 4.77. The lowest BCUT2D eigenvalue weighted by Gasteiger charge is -2.09. The van der Waals surface area contributed by atoms with Crippen molar-refractivity contribution in [1.29, 1.82) is 0 Å². The number of nitrogens with one attached hydrogen (secondary N) is 1. The minimum atomic E-state index is 0.108. The average Bonchev–Trinajstić information content (AvgIpc) is 2.85. The SMILES string of the molecule is CCNC(CC)c1nnc(-c2cncc(Br)c2)o1. The van der Waals surface area contributed by atoms with Gasteiger partial charge in [0.05, 0.1) is 11.6 Å². The minimum Gasteiger partial charge on any atom is -0.419 e. The molecular formula is C12H15BrN4O. The van der Waals surface area contributed by atoms with Crippen LogP contribution in [0, 0.1) is 0 Å². The molecule has 0 spiro atoms. The Kier molecular flexibility index (Phi) is 4.43. The first-order valence-corrected chi connectivity index (χ1v) is 6.71. The Balaban J connectivity index is 2.24. The first-order chi connectivity index (χ1) is 8.74. The van der Waals surface area contributed by atoms with Gasteiger partial charge in [-0.05, 0) is 35.0 Å². The summed E-state index contributed by atoms with van der Waals surface area (Å²) < 4.78 is 6.57. The lowest BCUT2D eigenvalue weighted by atomic mass is 10.2. The quantitative estimate of drug-likeness (QED) is 0.920. The van der Waals surface area contributed by atoms with E-state index in [9.17, 15) is 0 Å². The summed E-state index contributed by atoms with van der Waals surface area (Å²) in [6.45, 7) is 5.00. The third kappa shape index (κ3) is 2.94. The molecular weight excluding hydrogens is 296 g/mol. The number of pyridine rings is 1. The van der Waals surface area contributed by atoms with Crippen molar-refractivity contribution in [1.82, 2.24) is 20.5 Å². The average molecular weight is 311 g/mol. The first kappa shape index (κ1) is 13.2. The Bertz CT molecular complexity index is 514. The normalized spacial score (nSPS) is 12.6. The molecule has 0 amide bonds. The molecule has 6 heteroatoms. The smallest absolute Gasteiger partial charge is 0.249 e. The van der Waals surface area contributed by atoms with E-state index < -0.39 is 0 Å². The molecule has 0 aliphatic rings. The molecule has 5 nitrogen and oxygen atoms in total. The summed E-state index contributed by atoms with van der Waals surface area (Å²) in [6, 6.07) is 2.01. The van der Waals surface area contributed by atoms with E-state index in [1.807, 2.05) is 6.07 Å².